The first-order valence-corrected chi connectivity index (χ1v) is 6.49. The van der Waals surface area contributed by atoms with E-state index in [9.17, 15) is 9.59 Å². The summed E-state index contributed by atoms with van der Waals surface area (Å²) < 4.78 is 5.10. The van der Waals surface area contributed by atoms with E-state index in [1.165, 1.54) is 11.9 Å². The highest BCUT2D eigenvalue weighted by Crippen LogP contribution is 2.24. The molecule has 0 spiro atoms. The van der Waals surface area contributed by atoms with Gasteiger partial charge in [-0.05, 0) is 18.4 Å². The zero-order valence-electron chi connectivity index (χ0n) is 11.3. The summed E-state index contributed by atoms with van der Waals surface area (Å²) in [6.45, 7) is 0.234. The smallest absolute Gasteiger partial charge is 0.407 e. The Morgan fingerprint density at radius 1 is 1.35 bits per heavy atom. The molecule has 6 heteroatoms. The van der Waals surface area contributed by atoms with E-state index < -0.39 is 12.2 Å². The fraction of sp³-hybridized carbons (Fsp3) is 0.429. The number of alkyl carbamates (subject to hydrolysis) is 1. The highest BCUT2D eigenvalue weighted by Gasteiger charge is 2.35. The van der Waals surface area contributed by atoms with Crippen molar-refractivity contribution >= 4 is 12.2 Å². The van der Waals surface area contributed by atoms with Crippen LogP contribution in [-0.4, -0.2) is 41.3 Å². The number of rotatable bonds is 4. The summed E-state index contributed by atoms with van der Waals surface area (Å²) in [6, 6.07) is 9.40. The molecule has 108 valence electrons. The molecule has 2 N–H and O–H groups in total. The molecular weight excluding hydrogens is 260 g/mol. The van der Waals surface area contributed by atoms with Crippen LogP contribution >= 0.6 is 0 Å². The lowest BCUT2D eigenvalue weighted by Crippen LogP contribution is -2.54. The quantitative estimate of drug-likeness (QED) is 0.883. The number of carbonyl (C=O) groups excluding carboxylic acids is 1. The van der Waals surface area contributed by atoms with E-state index >= 15 is 0 Å². The highest BCUT2D eigenvalue weighted by atomic mass is 16.5. The minimum Gasteiger partial charge on any atom is -0.465 e. The Hall–Kier alpha value is -2.24. The molecule has 20 heavy (non-hydrogen) atoms. The van der Waals surface area contributed by atoms with Gasteiger partial charge < -0.3 is 20.1 Å². The Labute approximate surface area is 117 Å². The number of benzene rings is 1. The van der Waals surface area contributed by atoms with Gasteiger partial charge in [0.05, 0.1) is 0 Å². The Morgan fingerprint density at radius 2 is 2.00 bits per heavy atom. The zero-order valence-corrected chi connectivity index (χ0v) is 11.3. The topological polar surface area (TPSA) is 78.9 Å². The lowest BCUT2D eigenvalue weighted by molar-refractivity contribution is 0.0890. The van der Waals surface area contributed by atoms with E-state index in [1.54, 1.807) is 0 Å². The first-order chi connectivity index (χ1) is 9.56. The van der Waals surface area contributed by atoms with Crippen LogP contribution in [0.15, 0.2) is 30.3 Å². The van der Waals surface area contributed by atoms with Gasteiger partial charge in [0.15, 0.2) is 0 Å². The average Bonchev–Trinajstić information content (AvgIpc) is 2.40. The van der Waals surface area contributed by atoms with Gasteiger partial charge in [0.25, 0.3) is 0 Å². The van der Waals surface area contributed by atoms with Crippen molar-refractivity contribution in [2.45, 2.75) is 31.5 Å². The Bertz CT molecular complexity index is 471. The van der Waals surface area contributed by atoms with Crippen molar-refractivity contribution in [1.82, 2.24) is 10.2 Å². The van der Waals surface area contributed by atoms with Crippen LogP contribution in [0.2, 0.25) is 0 Å². The Balaban J connectivity index is 1.66. The number of nitrogens with zero attached hydrogens (tertiary/aromatic N) is 1. The van der Waals surface area contributed by atoms with Gasteiger partial charge in [0.2, 0.25) is 0 Å². The predicted octanol–water partition coefficient (Wildman–Crippen LogP) is 2.05. The van der Waals surface area contributed by atoms with Crippen molar-refractivity contribution in [3.8, 4) is 0 Å². The maximum Gasteiger partial charge on any atom is 0.407 e. The van der Waals surface area contributed by atoms with Gasteiger partial charge in [-0.1, -0.05) is 30.3 Å². The van der Waals surface area contributed by atoms with Gasteiger partial charge in [-0.3, -0.25) is 0 Å². The summed E-state index contributed by atoms with van der Waals surface area (Å²) in [4.78, 5) is 23.6. The fourth-order valence-corrected chi connectivity index (χ4v) is 2.11. The number of amides is 2. The monoisotopic (exact) mass is 278 g/mol. The van der Waals surface area contributed by atoms with Crippen LogP contribution in [0.3, 0.4) is 0 Å². The first-order valence-electron chi connectivity index (χ1n) is 6.49. The van der Waals surface area contributed by atoms with Crippen molar-refractivity contribution < 1.29 is 19.4 Å². The third kappa shape index (κ3) is 3.63. The molecule has 0 aliphatic heterocycles. The van der Waals surface area contributed by atoms with Crippen LogP contribution in [-0.2, 0) is 11.3 Å². The average molecular weight is 278 g/mol. The van der Waals surface area contributed by atoms with Gasteiger partial charge in [0, 0.05) is 19.1 Å². The van der Waals surface area contributed by atoms with Crippen LogP contribution in [0, 0.1) is 0 Å². The van der Waals surface area contributed by atoms with Crippen molar-refractivity contribution in [3.05, 3.63) is 35.9 Å². The Kier molecular flexibility index (Phi) is 4.45. The van der Waals surface area contributed by atoms with E-state index in [1.807, 2.05) is 30.3 Å². The van der Waals surface area contributed by atoms with Crippen molar-refractivity contribution in [2.24, 2.45) is 0 Å². The predicted molar refractivity (Wildman–Crippen MR) is 72.4 cm³/mol. The largest absolute Gasteiger partial charge is 0.465 e. The van der Waals surface area contributed by atoms with E-state index in [0.29, 0.717) is 12.8 Å². The molecular formula is C14H18N2O4. The molecule has 2 rings (SSSR count). The number of hydrogen-bond acceptors (Lipinski definition) is 3. The third-order valence-electron chi connectivity index (χ3n) is 3.50. The minimum atomic E-state index is -0.944. The van der Waals surface area contributed by atoms with E-state index in [2.05, 4.69) is 5.32 Å². The van der Waals surface area contributed by atoms with E-state index in [0.717, 1.165) is 5.56 Å². The molecule has 0 aromatic heterocycles. The molecule has 6 nitrogen and oxygen atoms in total. The summed E-state index contributed by atoms with van der Waals surface area (Å²) in [6.07, 6.45) is -0.151. The lowest BCUT2D eigenvalue weighted by atomic mass is 9.86. The second kappa shape index (κ2) is 6.27. The van der Waals surface area contributed by atoms with Gasteiger partial charge in [0.1, 0.15) is 6.61 Å². The van der Waals surface area contributed by atoms with Crippen LogP contribution in [0.25, 0.3) is 0 Å². The SMILES string of the molecule is CN(C(=O)O)[C@H]1C[C@H](NC(=O)OCc2ccccc2)C1. The summed E-state index contributed by atoms with van der Waals surface area (Å²) in [5, 5.41) is 11.5. The minimum absolute atomic E-state index is 0.00919. The van der Waals surface area contributed by atoms with Gasteiger partial charge in [-0.25, -0.2) is 9.59 Å². The van der Waals surface area contributed by atoms with Crippen LogP contribution in [0.1, 0.15) is 18.4 Å². The van der Waals surface area contributed by atoms with E-state index in [4.69, 9.17) is 9.84 Å². The number of carboxylic acid groups (broad SMARTS) is 1. The van der Waals surface area contributed by atoms with Crippen LogP contribution < -0.4 is 5.32 Å². The highest BCUT2D eigenvalue weighted by molar-refractivity contribution is 5.68. The molecule has 1 aliphatic rings. The Morgan fingerprint density at radius 3 is 2.60 bits per heavy atom. The molecule has 0 bridgehead atoms. The van der Waals surface area contributed by atoms with Crippen molar-refractivity contribution in [3.63, 3.8) is 0 Å². The maximum atomic E-state index is 11.6. The third-order valence-corrected chi connectivity index (χ3v) is 3.50. The zero-order chi connectivity index (χ0) is 14.5. The standard InChI is InChI=1S/C14H18N2O4/c1-16(14(18)19)12-7-11(8-12)15-13(17)20-9-10-5-3-2-4-6-10/h2-6,11-12H,7-9H2,1H3,(H,15,17)(H,18,19)/t11-,12-. The second-order valence-electron chi connectivity index (χ2n) is 4.92. The van der Waals surface area contributed by atoms with Crippen LogP contribution in [0.5, 0.6) is 0 Å². The molecule has 1 saturated carbocycles. The number of hydrogen-bond donors (Lipinski definition) is 2. The molecule has 1 aromatic rings. The van der Waals surface area contributed by atoms with Crippen molar-refractivity contribution in [1.29, 1.82) is 0 Å². The molecule has 0 unspecified atom stereocenters. The van der Waals surface area contributed by atoms with Crippen LogP contribution in [0.4, 0.5) is 9.59 Å². The number of nitrogens with one attached hydrogen (secondary N) is 1. The molecule has 0 atom stereocenters. The first kappa shape index (κ1) is 14.2. The maximum absolute atomic E-state index is 11.6. The summed E-state index contributed by atoms with van der Waals surface area (Å²) in [5.74, 6) is 0. The van der Waals surface area contributed by atoms with Gasteiger partial charge in [-0.15, -0.1) is 0 Å². The molecule has 2 amide bonds. The molecule has 1 aromatic carbocycles. The number of ether oxygens (including phenoxy) is 1. The normalized spacial score (nSPS) is 20.6. The van der Waals surface area contributed by atoms with Crippen molar-refractivity contribution in [2.75, 3.05) is 7.05 Å². The fourth-order valence-electron chi connectivity index (χ4n) is 2.11. The molecule has 1 aliphatic carbocycles. The summed E-state index contributed by atoms with van der Waals surface area (Å²) in [7, 11) is 1.54. The lowest BCUT2D eigenvalue weighted by Gasteiger charge is -2.39. The molecule has 0 heterocycles. The summed E-state index contributed by atoms with van der Waals surface area (Å²) >= 11 is 0. The molecule has 0 saturated heterocycles. The summed E-state index contributed by atoms with van der Waals surface area (Å²) in [5.41, 5.74) is 0.930. The molecule has 1 fully saturated rings. The van der Waals surface area contributed by atoms with E-state index in [-0.39, 0.29) is 18.7 Å². The van der Waals surface area contributed by atoms with Gasteiger partial charge >= 0.3 is 12.2 Å². The number of carbonyl (C=O) groups is 2. The molecule has 0 radical (unpaired) electrons. The van der Waals surface area contributed by atoms with Gasteiger partial charge in [-0.2, -0.15) is 0 Å². The second-order valence-corrected chi connectivity index (χ2v) is 4.92.